The molecule has 2 aliphatic heterocycles. The standard InChI is InChI=1S/C27H31N5O4/c1-17-5-4-6-21(15-17)30-27(35)32-23(25(33)31-13-11-29-12-14-31)18(2)22(26(34)36-3)24(32)20-9-7-19(16-28)8-10-20/h4-10,15,18,22-24,29H,11-14H2,1-3H3,(H,30,35). The molecule has 0 spiro atoms. The highest BCUT2D eigenvalue weighted by atomic mass is 16.5. The minimum absolute atomic E-state index is 0.187. The van der Waals surface area contributed by atoms with Crippen molar-refractivity contribution in [3.8, 4) is 6.07 Å². The number of likely N-dealkylation sites (tertiary alicyclic amines) is 1. The van der Waals surface area contributed by atoms with Gasteiger partial charge in [0.25, 0.3) is 0 Å². The fraction of sp³-hybridized carbons (Fsp3) is 0.407. The van der Waals surface area contributed by atoms with Crippen LogP contribution < -0.4 is 10.6 Å². The van der Waals surface area contributed by atoms with Gasteiger partial charge in [0.2, 0.25) is 5.91 Å². The number of aryl methyl sites for hydroxylation is 1. The first kappa shape index (κ1) is 25.2. The van der Waals surface area contributed by atoms with E-state index in [9.17, 15) is 19.6 Å². The Labute approximate surface area is 211 Å². The molecule has 2 heterocycles. The van der Waals surface area contributed by atoms with Crippen molar-refractivity contribution in [3.05, 3.63) is 65.2 Å². The summed E-state index contributed by atoms with van der Waals surface area (Å²) in [6.45, 7) is 6.14. The van der Waals surface area contributed by atoms with E-state index in [2.05, 4.69) is 16.7 Å². The number of hydrogen-bond donors (Lipinski definition) is 2. The number of carbonyl (C=O) groups is 3. The van der Waals surface area contributed by atoms with Gasteiger partial charge in [0.05, 0.1) is 30.7 Å². The van der Waals surface area contributed by atoms with E-state index in [0.717, 1.165) is 5.56 Å². The zero-order chi connectivity index (χ0) is 25.8. The SMILES string of the molecule is COC(=O)C1C(C)C(C(=O)N2CCNCC2)N(C(=O)Nc2cccc(C)c2)C1c1ccc(C#N)cc1. The maximum Gasteiger partial charge on any atom is 0.323 e. The van der Waals surface area contributed by atoms with Gasteiger partial charge in [-0.2, -0.15) is 5.26 Å². The molecule has 36 heavy (non-hydrogen) atoms. The molecular formula is C27H31N5O4. The van der Waals surface area contributed by atoms with Gasteiger partial charge in [0.15, 0.2) is 0 Å². The van der Waals surface area contributed by atoms with Crippen molar-refractivity contribution in [1.82, 2.24) is 15.1 Å². The molecule has 2 saturated heterocycles. The first-order valence-electron chi connectivity index (χ1n) is 12.1. The van der Waals surface area contributed by atoms with Gasteiger partial charge in [0.1, 0.15) is 6.04 Å². The molecule has 4 atom stereocenters. The zero-order valence-corrected chi connectivity index (χ0v) is 20.7. The third kappa shape index (κ3) is 4.90. The minimum atomic E-state index is -0.863. The van der Waals surface area contributed by atoms with Crippen LogP contribution in [-0.2, 0) is 14.3 Å². The van der Waals surface area contributed by atoms with Crippen LogP contribution in [0.3, 0.4) is 0 Å². The Hall–Kier alpha value is -3.90. The highest BCUT2D eigenvalue weighted by Gasteiger charge is 2.56. The van der Waals surface area contributed by atoms with Crippen LogP contribution in [0, 0.1) is 30.1 Å². The smallest absolute Gasteiger partial charge is 0.323 e. The lowest BCUT2D eigenvalue weighted by molar-refractivity contribution is -0.147. The van der Waals surface area contributed by atoms with Gasteiger partial charge < -0.3 is 25.2 Å². The highest BCUT2D eigenvalue weighted by Crippen LogP contribution is 2.46. The van der Waals surface area contributed by atoms with Crippen LogP contribution in [0.5, 0.6) is 0 Å². The number of benzene rings is 2. The quantitative estimate of drug-likeness (QED) is 0.638. The Morgan fingerprint density at radius 2 is 1.81 bits per heavy atom. The number of nitriles is 1. The van der Waals surface area contributed by atoms with Crippen molar-refractivity contribution in [2.24, 2.45) is 11.8 Å². The first-order chi connectivity index (χ1) is 17.3. The number of methoxy groups -OCH3 is 1. The van der Waals surface area contributed by atoms with Gasteiger partial charge in [-0.05, 0) is 42.3 Å². The molecule has 0 saturated carbocycles. The molecule has 2 N–H and O–H groups in total. The summed E-state index contributed by atoms with van der Waals surface area (Å²) in [4.78, 5) is 44.0. The fourth-order valence-corrected chi connectivity index (χ4v) is 5.27. The van der Waals surface area contributed by atoms with E-state index in [1.54, 1.807) is 35.2 Å². The number of carbonyl (C=O) groups excluding carboxylic acids is 3. The molecule has 9 nitrogen and oxygen atoms in total. The summed E-state index contributed by atoms with van der Waals surface area (Å²) in [5.74, 6) is -1.93. The summed E-state index contributed by atoms with van der Waals surface area (Å²) in [5, 5.41) is 15.4. The van der Waals surface area contributed by atoms with E-state index < -0.39 is 35.9 Å². The predicted octanol–water partition coefficient (Wildman–Crippen LogP) is 2.68. The Morgan fingerprint density at radius 1 is 1.11 bits per heavy atom. The largest absolute Gasteiger partial charge is 0.469 e. The first-order valence-corrected chi connectivity index (χ1v) is 12.1. The monoisotopic (exact) mass is 489 g/mol. The lowest BCUT2D eigenvalue weighted by atomic mass is 9.85. The Bertz CT molecular complexity index is 1170. The van der Waals surface area contributed by atoms with Crippen LogP contribution in [-0.4, -0.2) is 67.0 Å². The second-order valence-electron chi connectivity index (χ2n) is 9.31. The van der Waals surface area contributed by atoms with E-state index in [1.165, 1.54) is 12.0 Å². The van der Waals surface area contributed by atoms with Crippen LogP contribution >= 0.6 is 0 Å². The van der Waals surface area contributed by atoms with Gasteiger partial charge >= 0.3 is 12.0 Å². The van der Waals surface area contributed by atoms with Crippen molar-refractivity contribution < 1.29 is 19.1 Å². The second kappa shape index (κ2) is 10.8. The molecule has 0 aliphatic carbocycles. The molecule has 0 aromatic heterocycles. The molecule has 4 unspecified atom stereocenters. The van der Waals surface area contributed by atoms with Gasteiger partial charge in [-0.1, -0.05) is 31.2 Å². The van der Waals surface area contributed by atoms with Crippen LogP contribution in [0.1, 0.15) is 29.7 Å². The van der Waals surface area contributed by atoms with E-state index in [4.69, 9.17) is 4.74 Å². The van der Waals surface area contributed by atoms with E-state index >= 15 is 0 Å². The summed E-state index contributed by atoms with van der Waals surface area (Å²) >= 11 is 0. The molecule has 0 radical (unpaired) electrons. The van der Waals surface area contributed by atoms with Crippen LogP contribution in [0.4, 0.5) is 10.5 Å². The molecule has 2 aliphatic rings. The zero-order valence-electron chi connectivity index (χ0n) is 20.7. The Morgan fingerprint density at radius 3 is 2.42 bits per heavy atom. The molecule has 2 aromatic carbocycles. The van der Waals surface area contributed by atoms with Crippen molar-refractivity contribution in [3.63, 3.8) is 0 Å². The van der Waals surface area contributed by atoms with Crippen molar-refractivity contribution in [2.75, 3.05) is 38.6 Å². The van der Waals surface area contributed by atoms with Gasteiger partial charge in [-0.25, -0.2) is 4.79 Å². The number of anilines is 1. The molecule has 9 heteroatoms. The average Bonchev–Trinajstić information content (AvgIpc) is 3.21. The maximum atomic E-state index is 13.9. The van der Waals surface area contributed by atoms with Gasteiger partial charge in [-0.15, -0.1) is 0 Å². The van der Waals surface area contributed by atoms with Crippen LogP contribution in [0.2, 0.25) is 0 Å². The van der Waals surface area contributed by atoms with Crippen molar-refractivity contribution in [2.45, 2.75) is 25.9 Å². The Kier molecular flexibility index (Phi) is 7.55. The normalized spacial score (nSPS) is 23.6. The lowest BCUT2D eigenvalue weighted by Crippen LogP contribution is -2.55. The third-order valence-electron chi connectivity index (χ3n) is 7.04. The van der Waals surface area contributed by atoms with E-state index in [0.29, 0.717) is 43.0 Å². The number of hydrogen-bond acceptors (Lipinski definition) is 6. The number of ether oxygens (including phenoxy) is 1. The molecule has 188 valence electrons. The van der Waals surface area contributed by atoms with Crippen LogP contribution in [0.15, 0.2) is 48.5 Å². The molecular weight excluding hydrogens is 458 g/mol. The van der Waals surface area contributed by atoms with Crippen molar-refractivity contribution in [1.29, 1.82) is 5.26 Å². The number of urea groups is 1. The summed E-state index contributed by atoms with van der Waals surface area (Å²) in [5.41, 5.74) is 2.70. The number of amides is 3. The van der Waals surface area contributed by atoms with E-state index in [-0.39, 0.29) is 5.91 Å². The lowest BCUT2D eigenvalue weighted by Gasteiger charge is -2.36. The third-order valence-corrected chi connectivity index (χ3v) is 7.04. The number of rotatable bonds is 4. The summed E-state index contributed by atoms with van der Waals surface area (Å²) in [7, 11) is 1.31. The summed E-state index contributed by atoms with van der Waals surface area (Å²) in [6.07, 6.45) is 0. The predicted molar refractivity (Wildman–Crippen MR) is 134 cm³/mol. The van der Waals surface area contributed by atoms with Crippen LogP contribution in [0.25, 0.3) is 0 Å². The average molecular weight is 490 g/mol. The summed E-state index contributed by atoms with van der Waals surface area (Å²) in [6, 6.07) is 14.2. The fourth-order valence-electron chi connectivity index (χ4n) is 5.27. The second-order valence-corrected chi connectivity index (χ2v) is 9.31. The van der Waals surface area contributed by atoms with E-state index in [1.807, 2.05) is 32.0 Å². The van der Waals surface area contributed by atoms with Crippen molar-refractivity contribution >= 4 is 23.6 Å². The number of piperazine rings is 1. The maximum absolute atomic E-state index is 13.9. The van der Waals surface area contributed by atoms with Gasteiger partial charge in [-0.3, -0.25) is 9.59 Å². The number of nitrogens with one attached hydrogen (secondary N) is 2. The molecule has 3 amide bonds. The molecule has 2 fully saturated rings. The summed E-state index contributed by atoms with van der Waals surface area (Å²) < 4.78 is 5.15. The number of nitrogens with zero attached hydrogens (tertiary/aromatic N) is 3. The highest BCUT2D eigenvalue weighted by molar-refractivity contribution is 5.96. The van der Waals surface area contributed by atoms with Gasteiger partial charge in [0, 0.05) is 37.8 Å². The molecule has 0 bridgehead atoms. The Balaban J connectivity index is 1.79. The minimum Gasteiger partial charge on any atom is -0.469 e. The molecule has 2 aromatic rings. The molecule has 4 rings (SSSR count). The number of esters is 1. The topological polar surface area (TPSA) is 115 Å².